The molecule has 12 heteroatoms. The van der Waals surface area contributed by atoms with Crippen molar-refractivity contribution in [2.45, 2.75) is 83.0 Å². The molecule has 49 heavy (non-hydrogen) atoms. The molecule has 3 atom stereocenters. The maximum absolute atomic E-state index is 16.9. The van der Waals surface area contributed by atoms with E-state index in [0.29, 0.717) is 48.6 Å². The van der Waals surface area contributed by atoms with Gasteiger partial charge in [-0.3, -0.25) is 9.80 Å². The van der Waals surface area contributed by atoms with Gasteiger partial charge in [0.2, 0.25) is 0 Å². The first-order valence-corrected chi connectivity index (χ1v) is 17.4. The van der Waals surface area contributed by atoms with Crippen molar-refractivity contribution in [2.24, 2.45) is 5.73 Å². The topological polar surface area (TPSA) is 137 Å². The summed E-state index contributed by atoms with van der Waals surface area (Å²) in [6.07, 6.45) is 6.44. The zero-order valence-electron chi connectivity index (χ0n) is 28.5. The van der Waals surface area contributed by atoms with Crippen LogP contribution in [0.25, 0.3) is 32.9 Å². The summed E-state index contributed by atoms with van der Waals surface area (Å²) in [4.78, 5) is 32.5. The predicted octanol–water partition coefficient (Wildman–Crippen LogP) is 5.76. The average molecular weight is 669 g/mol. The van der Waals surface area contributed by atoms with Gasteiger partial charge in [0.05, 0.1) is 24.6 Å². The number of piperazine rings is 1. The molecule has 2 aromatic carbocycles. The zero-order chi connectivity index (χ0) is 34.3. The summed E-state index contributed by atoms with van der Waals surface area (Å²) in [7, 11) is 0. The molecule has 0 radical (unpaired) electrons. The highest BCUT2D eigenvalue weighted by molar-refractivity contribution is 6.01. The molecule has 7 rings (SSSR count). The third kappa shape index (κ3) is 6.49. The van der Waals surface area contributed by atoms with Crippen molar-refractivity contribution in [3.05, 3.63) is 47.9 Å². The number of H-pyrrole nitrogens is 1. The number of nitrogens with zero attached hydrogens (tertiary/aromatic N) is 6. The Morgan fingerprint density at radius 1 is 1.12 bits per heavy atom. The summed E-state index contributed by atoms with van der Waals surface area (Å²) >= 11 is 0. The molecule has 3 aliphatic rings. The number of aromatic nitrogens is 3. The van der Waals surface area contributed by atoms with Crippen LogP contribution in [0.4, 0.5) is 15.0 Å². The molecule has 4 aromatic rings. The van der Waals surface area contributed by atoms with Gasteiger partial charge in [0.25, 0.3) is 0 Å². The number of anilines is 1. The number of hydrogen-bond donors (Lipinski definition) is 2. The van der Waals surface area contributed by atoms with Crippen molar-refractivity contribution in [1.82, 2.24) is 24.8 Å². The number of nitrogens with one attached hydrogen (secondary N) is 1. The van der Waals surface area contributed by atoms with E-state index in [-0.39, 0.29) is 42.2 Å². The minimum absolute atomic E-state index is 0.0496. The number of aromatic amines is 1. The molecule has 3 fully saturated rings. The minimum atomic E-state index is -0.586. The van der Waals surface area contributed by atoms with E-state index in [1.165, 1.54) is 0 Å². The second-order valence-corrected chi connectivity index (χ2v) is 14.5. The van der Waals surface area contributed by atoms with Crippen LogP contribution in [0.15, 0.2) is 36.5 Å². The van der Waals surface area contributed by atoms with E-state index in [9.17, 15) is 10.1 Å². The van der Waals surface area contributed by atoms with Crippen molar-refractivity contribution < 1.29 is 18.7 Å². The lowest BCUT2D eigenvalue weighted by atomic mass is 9.98. The number of nitriles is 1. The highest BCUT2D eigenvalue weighted by Crippen LogP contribution is 2.40. The van der Waals surface area contributed by atoms with Gasteiger partial charge >= 0.3 is 12.1 Å². The summed E-state index contributed by atoms with van der Waals surface area (Å²) in [5, 5.41) is 10.9. The van der Waals surface area contributed by atoms with Crippen LogP contribution >= 0.6 is 0 Å². The maximum atomic E-state index is 16.9. The fraction of sp³-hybridized carbons (Fsp3) is 0.514. The Morgan fingerprint density at radius 3 is 2.65 bits per heavy atom. The Kier molecular flexibility index (Phi) is 9.07. The van der Waals surface area contributed by atoms with Gasteiger partial charge in [-0.2, -0.15) is 15.2 Å². The Hall–Kier alpha value is -4.47. The molecule has 0 unspecified atom stereocenters. The van der Waals surface area contributed by atoms with Gasteiger partial charge < -0.3 is 25.1 Å². The van der Waals surface area contributed by atoms with Gasteiger partial charge in [-0.25, -0.2) is 9.18 Å². The molecule has 3 aliphatic heterocycles. The first kappa shape index (κ1) is 33.0. The van der Waals surface area contributed by atoms with Crippen LogP contribution in [0.5, 0.6) is 6.01 Å². The predicted molar refractivity (Wildman–Crippen MR) is 187 cm³/mol. The van der Waals surface area contributed by atoms with Gasteiger partial charge in [0.1, 0.15) is 23.5 Å². The Bertz CT molecular complexity index is 1880. The Morgan fingerprint density at radius 2 is 1.92 bits per heavy atom. The van der Waals surface area contributed by atoms with Gasteiger partial charge in [-0.05, 0) is 90.2 Å². The van der Waals surface area contributed by atoms with Gasteiger partial charge in [-0.1, -0.05) is 18.2 Å². The Labute approximate surface area is 286 Å². The lowest BCUT2D eigenvalue weighted by Crippen LogP contribution is -2.57. The van der Waals surface area contributed by atoms with Crippen LogP contribution < -0.4 is 15.4 Å². The summed E-state index contributed by atoms with van der Waals surface area (Å²) in [6.45, 7) is 9.67. The number of benzene rings is 2. The van der Waals surface area contributed by atoms with Crippen LogP contribution in [0, 0.1) is 17.1 Å². The summed E-state index contributed by atoms with van der Waals surface area (Å²) in [5.74, 6) is 0.126. The molecule has 2 aromatic heterocycles. The number of hydrogen-bond acceptors (Lipinski definition) is 9. The molecule has 1 amide bonds. The molecule has 2 bridgehead atoms. The van der Waals surface area contributed by atoms with Crippen molar-refractivity contribution in [3.8, 4) is 23.2 Å². The van der Waals surface area contributed by atoms with Crippen LogP contribution in [0.2, 0.25) is 0 Å². The largest absolute Gasteiger partial charge is 0.462 e. The molecule has 5 heterocycles. The van der Waals surface area contributed by atoms with Crippen molar-refractivity contribution >= 4 is 33.7 Å². The normalized spacial score (nSPS) is 21.1. The summed E-state index contributed by atoms with van der Waals surface area (Å²) in [6, 6.07) is 11.9. The molecule has 3 saturated heterocycles. The molecule has 0 aliphatic carbocycles. The fourth-order valence-corrected chi connectivity index (χ4v) is 7.88. The second-order valence-electron chi connectivity index (χ2n) is 14.5. The van der Waals surface area contributed by atoms with Crippen molar-refractivity contribution in [1.29, 1.82) is 5.26 Å². The van der Waals surface area contributed by atoms with Crippen molar-refractivity contribution in [3.63, 3.8) is 0 Å². The molecule has 0 saturated carbocycles. The number of nitrogens with two attached hydrogens (primary N) is 1. The quantitative estimate of drug-likeness (QED) is 0.228. The van der Waals surface area contributed by atoms with E-state index in [1.54, 1.807) is 12.3 Å². The monoisotopic (exact) mass is 668 g/mol. The summed E-state index contributed by atoms with van der Waals surface area (Å²) in [5.41, 5.74) is 8.11. The molecule has 3 N–H and O–H groups in total. The van der Waals surface area contributed by atoms with Crippen LogP contribution in [0.1, 0.15) is 58.4 Å². The molecule has 258 valence electrons. The zero-order valence-corrected chi connectivity index (χ0v) is 28.5. The minimum Gasteiger partial charge on any atom is -0.462 e. The first-order valence-electron chi connectivity index (χ1n) is 17.4. The molecule has 0 spiro atoms. The van der Waals surface area contributed by atoms with Gasteiger partial charge in [0.15, 0.2) is 5.82 Å². The van der Waals surface area contributed by atoms with E-state index in [4.69, 9.17) is 25.2 Å². The lowest BCUT2D eigenvalue weighted by molar-refractivity contribution is 0.0122. The fourth-order valence-electron chi connectivity index (χ4n) is 7.88. The third-order valence-corrected chi connectivity index (χ3v) is 10.1. The number of carbonyl (C=O) groups excluding carboxylic acids is 1. The number of rotatable bonds is 9. The third-order valence-electron chi connectivity index (χ3n) is 10.1. The van der Waals surface area contributed by atoms with Crippen LogP contribution in [0.3, 0.4) is 0 Å². The SMILES string of the molecule is CC(C)(C)OC(=O)N1[C@@H]2CC[C@H]1CN(c1nc(OC[C@@H]3CCCN3CCCN)nc3c(F)c(-c4c[nH]c5cccc(CC#N)c45)ccc13)C2. The highest BCUT2D eigenvalue weighted by Gasteiger charge is 2.45. The van der Waals surface area contributed by atoms with Gasteiger partial charge in [-0.15, -0.1) is 0 Å². The maximum Gasteiger partial charge on any atom is 0.410 e. The van der Waals surface area contributed by atoms with E-state index in [0.717, 1.165) is 61.7 Å². The van der Waals surface area contributed by atoms with E-state index in [2.05, 4.69) is 20.9 Å². The Balaban J connectivity index is 1.27. The van der Waals surface area contributed by atoms with Crippen molar-refractivity contribution in [2.75, 3.05) is 44.2 Å². The molecular formula is C37H45FN8O3. The van der Waals surface area contributed by atoms with Crippen LogP contribution in [-0.4, -0.2) is 93.9 Å². The summed E-state index contributed by atoms with van der Waals surface area (Å²) < 4.78 is 29.0. The molecular weight excluding hydrogens is 623 g/mol. The number of halogens is 1. The smallest absolute Gasteiger partial charge is 0.410 e. The number of fused-ring (bicyclic) bond motifs is 4. The number of likely N-dealkylation sites (tertiary alicyclic amines) is 1. The number of carbonyl (C=O) groups is 1. The number of ether oxygens (including phenoxy) is 2. The number of amides is 1. The van der Waals surface area contributed by atoms with E-state index >= 15 is 4.39 Å². The van der Waals surface area contributed by atoms with Crippen LogP contribution in [-0.2, 0) is 11.2 Å². The first-order chi connectivity index (χ1) is 23.6. The standard InChI is InChI=1S/C37H45FN8O3/c1-37(2,3)49-36(47)46-24-10-11-25(46)21-45(20-24)34-28-13-12-27(29-19-41-30-9-4-7-23(14-16-40)31(29)30)32(38)33(28)42-35(43-34)48-22-26-8-5-17-44(26)18-6-15-39/h4,7,9,12-13,19,24-26,41H,5-6,8,10-11,14-15,17-18,20-22,39H2,1-3H3/t24-,25+,26-/m0/s1. The second kappa shape index (κ2) is 13.4. The lowest BCUT2D eigenvalue weighted by Gasteiger charge is -2.42. The van der Waals surface area contributed by atoms with Gasteiger partial charge in [0, 0.05) is 52.7 Å². The average Bonchev–Trinajstić information content (AvgIpc) is 3.78. The van der Waals surface area contributed by atoms with E-state index < -0.39 is 11.4 Å². The molecule has 11 nitrogen and oxygen atoms in total. The van der Waals surface area contributed by atoms with E-state index in [1.807, 2.05) is 49.9 Å². The highest BCUT2D eigenvalue weighted by atomic mass is 19.1.